The predicted molar refractivity (Wildman–Crippen MR) is 115 cm³/mol. The molecule has 2 aliphatic heterocycles. The number of ether oxygens (including phenoxy) is 1. The third kappa shape index (κ3) is 4.54. The average Bonchev–Trinajstić information content (AvgIpc) is 3.21. The molecule has 0 radical (unpaired) electrons. The molecule has 2 aromatic rings. The molecule has 0 spiro atoms. The largest absolute Gasteiger partial charge is 0.404 e. The van der Waals surface area contributed by atoms with Crippen LogP contribution in [0.15, 0.2) is 40.2 Å². The van der Waals surface area contributed by atoms with Crippen molar-refractivity contribution in [2.75, 3.05) is 43.1 Å². The van der Waals surface area contributed by atoms with Crippen molar-refractivity contribution >= 4 is 23.2 Å². The van der Waals surface area contributed by atoms with Crippen LogP contribution < -0.4 is 21.3 Å². The van der Waals surface area contributed by atoms with E-state index in [4.69, 9.17) is 10.5 Å². The zero-order chi connectivity index (χ0) is 22.7. The molecule has 4 rings (SSSR count). The van der Waals surface area contributed by atoms with Crippen molar-refractivity contribution in [2.45, 2.75) is 6.54 Å². The van der Waals surface area contributed by atoms with Crippen molar-refractivity contribution in [1.29, 1.82) is 0 Å². The lowest BCUT2D eigenvalue weighted by molar-refractivity contribution is 0.122. The first-order valence-corrected chi connectivity index (χ1v) is 9.98. The van der Waals surface area contributed by atoms with Gasteiger partial charge in [0, 0.05) is 44.2 Å². The summed E-state index contributed by atoms with van der Waals surface area (Å²) in [7, 11) is 1.77. The molecule has 2 aliphatic rings. The topological polar surface area (TPSA) is 105 Å². The van der Waals surface area contributed by atoms with E-state index in [0.717, 1.165) is 6.07 Å². The number of nitrogens with zero attached hydrogens (tertiary/aromatic N) is 5. The Bertz CT molecular complexity index is 1090. The normalized spacial score (nSPS) is 19.2. The van der Waals surface area contributed by atoms with E-state index >= 15 is 4.39 Å². The fraction of sp³-hybridized carbons (Fsp3) is 0.350. The minimum atomic E-state index is -1.26. The number of aryl methyl sites for hydroxylation is 1. The van der Waals surface area contributed by atoms with E-state index in [2.05, 4.69) is 25.7 Å². The number of nitrogens with one attached hydrogen (secondary N) is 2. The van der Waals surface area contributed by atoms with Crippen molar-refractivity contribution in [1.82, 2.24) is 15.1 Å². The monoisotopic (exact) mass is 448 g/mol. The number of anilines is 2. The van der Waals surface area contributed by atoms with Crippen LogP contribution in [-0.2, 0) is 18.3 Å². The minimum Gasteiger partial charge on any atom is -0.404 e. The Hall–Kier alpha value is -3.54. The van der Waals surface area contributed by atoms with Crippen LogP contribution in [0.25, 0.3) is 0 Å². The van der Waals surface area contributed by atoms with E-state index in [1.807, 2.05) is 0 Å². The zero-order valence-corrected chi connectivity index (χ0v) is 17.4. The number of halogens is 3. The number of aliphatic imine (C=N–C) groups is 2. The first kappa shape index (κ1) is 21.7. The van der Waals surface area contributed by atoms with Crippen LogP contribution in [0.2, 0.25) is 0 Å². The van der Waals surface area contributed by atoms with Gasteiger partial charge in [-0.05, 0) is 0 Å². The number of morpholine rings is 1. The zero-order valence-electron chi connectivity index (χ0n) is 17.4. The quantitative estimate of drug-likeness (QED) is 0.612. The van der Waals surface area contributed by atoms with E-state index < -0.39 is 29.6 Å². The molecule has 0 saturated carbocycles. The van der Waals surface area contributed by atoms with Gasteiger partial charge < -0.3 is 26.0 Å². The highest BCUT2D eigenvalue weighted by molar-refractivity contribution is 6.14. The molecule has 0 unspecified atom stereocenters. The molecule has 1 aromatic heterocycles. The summed E-state index contributed by atoms with van der Waals surface area (Å²) < 4.78 is 50.7. The molecule has 170 valence electrons. The van der Waals surface area contributed by atoms with Crippen molar-refractivity contribution in [3.8, 4) is 0 Å². The third-order valence-corrected chi connectivity index (χ3v) is 5.09. The fourth-order valence-electron chi connectivity index (χ4n) is 3.41. The van der Waals surface area contributed by atoms with Crippen LogP contribution >= 0.6 is 0 Å². The number of aromatic nitrogens is 2. The number of hydrogen-bond acceptors (Lipinski definition) is 7. The van der Waals surface area contributed by atoms with E-state index in [1.165, 1.54) is 6.20 Å². The van der Waals surface area contributed by atoms with Crippen molar-refractivity contribution in [2.24, 2.45) is 22.8 Å². The van der Waals surface area contributed by atoms with Gasteiger partial charge in [-0.25, -0.2) is 18.2 Å². The lowest BCUT2D eigenvalue weighted by atomic mass is 10.1. The fourth-order valence-corrected chi connectivity index (χ4v) is 3.41. The Morgan fingerprint density at radius 2 is 2.06 bits per heavy atom. The maximum Gasteiger partial charge on any atom is 0.201 e. The smallest absolute Gasteiger partial charge is 0.201 e. The Kier molecular flexibility index (Phi) is 6.30. The van der Waals surface area contributed by atoms with Crippen LogP contribution in [0.3, 0.4) is 0 Å². The highest BCUT2D eigenvalue weighted by atomic mass is 19.2. The second-order valence-corrected chi connectivity index (χ2v) is 7.26. The minimum absolute atomic E-state index is 0.00547. The molecule has 1 aromatic carbocycles. The Balaban J connectivity index is 1.58. The van der Waals surface area contributed by atoms with Gasteiger partial charge >= 0.3 is 0 Å². The van der Waals surface area contributed by atoms with E-state index in [0.29, 0.717) is 43.5 Å². The summed E-state index contributed by atoms with van der Waals surface area (Å²) >= 11 is 0. The van der Waals surface area contributed by atoms with E-state index in [-0.39, 0.29) is 18.1 Å². The second-order valence-electron chi connectivity index (χ2n) is 7.26. The number of rotatable bonds is 4. The third-order valence-electron chi connectivity index (χ3n) is 5.09. The molecule has 0 amide bonds. The number of guanidine groups is 1. The lowest BCUT2D eigenvalue weighted by Crippen LogP contribution is -2.41. The number of hydrogen-bond donors (Lipinski definition) is 3. The predicted octanol–water partition coefficient (Wildman–Crippen LogP) is 1.49. The van der Waals surface area contributed by atoms with Crippen LogP contribution in [0.1, 0.15) is 5.56 Å². The Labute approximate surface area is 182 Å². The maximum absolute atomic E-state index is 15.1. The van der Waals surface area contributed by atoms with Gasteiger partial charge in [0.15, 0.2) is 17.5 Å². The molecule has 0 aliphatic carbocycles. The molecule has 4 N–H and O–H groups in total. The number of benzene rings is 1. The molecule has 1 saturated heterocycles. The number of nitrogens with two attached hydrogens (primary N) is 1. The van der Waals surface area contributed by atoms with Gasteiger partial charge in [0.05, 0.1) is 49.4 Å². The molecule has 32 heavy (non-hydrogen) atoms. The van der Waals surface area contributed by atoms with Crippen LogP contribution in [0.5, 0.6) is 0 Å². The summed E-state index contributed by atoms with van der Waals surface area (Å²) in [6.07, 6.45) is 4.67. The van der Waals surface area contributed by atoms with Gasteiger partial charge in [-0.1, -0.05) is 0 Å². The van der Waals surface area contributed by atoms with Crippen LogP contribution in [0.4, 0.5) is 24.5 Å². The van der Waals surface area contributed by atoms with Crippen LogP contribution in [0, 0.1) is 17.5 Å². The summed E-state index contributed by atoms with van der Waals surface area (Å²) in [6.45, 7) is 1.33. The molecular formula is C20H23F3N8O. The van der Waals surface area contributed by atoms with Crippen molar-refractivity contribution < 1.29 is 17.9 Å². The van der Waals surface area contributed by atoms with Gasteiger partial charge in [-0.15, -0.1) is 0 Å². The first-order valence-electron chi connectivity index (χ1n) is 9.98. The van der Waals surface area contributed by atoms with E-state index in [9.17, 15) is 8.78 Å². The van der Waals surface area contributed by atoms with Gasteiger partial charge in [0.1, 0.15) is 5.84 Å². The van der Waals surface area contributed by atoms with Crippen molar-refractivity contribution in [3.05, 3.63) is 53.2 Å². The molecule has 9 nitrogen and oxygen atoms in total. The van der Waals surface area contributed by atoms with Gasteiger partial charge in [0.25, 0.3) is 0 Å². The molecule has 1 fully saturated rings. The molecular weight excluding hydrogens is 425 g/mol. The summed E-state index contributed by atoms with van der Waals surface area (Å²) in [4.78, 5) is 10.2. The lowest BCUT2D eigenvalue weighted by Gasteiger charge is -2.29. The Morgan fingerprint density at radius 1 is 1.28 bits per heavy atom. The molecule has 0 atom stereocenters. The summed E-state index contributed by atoms with van der Waals surface area (Å²) in [5.74, 6) is -2.58. The summed E-state index contributed by atoms with van der Waals surface area (Å²) in [6, 6.07) is 0.874. The highest BCUT2D eigenvalue weighted by Crippen LogP contribution is 2.28. The SMILES string of the molecule is Cn1cc(NC2=NCC(=CN)C(=NCc3c(F)c(F)cc(N4CCOCC4)c3F)N2)cn1. The second kappa shape index (κ2) is 9.30. The van der Waals surface area contributed by atoms with Crippen LogP contribution in [-0.4, -0.2) is 54.4 Å². The standard InChI is InChI=1S/C20H23F3N8O/c1-30-11-13(9-27-30)28-20-26-8-12(7-24)19(29-20)25-10-14-17(22)15(21)6-16(18(14)23)31-2-4-32-5-3-31/h6-7,9,11H,2-5,8,10,24H2,1H3,(H2,25,26,28,29). The van der Waals surface area contributed by atoms with E-state index in [1.54, 1.807) is 29.0 Å². The highest BCUT2D eigenvalue weighted by Gasteiger charge is 2.24. The molecule has 0 bridgehead atoms. The number of amidine groups is 1. The maximum atomic E-state index is 15.1. The molecule has 3 heterocycles. The van der Waals surface area contributed by atoms with Gasteiger partial charge in [0.2, 0.25) is 5.96 Å². The van der Waals surface area contributed by atoms with Crippen molar-refractivity contribution in [3.63, 3.8) is 0 Å². The summed E-state index contributed by atoms with van der Waals surface area (Å²) in [5, 5.41) is 10.1. The van der Waals surface area contributed by atoms with Gasteiger partial charge in [-0.3, -0.25) is 9.67 Å². The summed E-state index contributed by atoms with van der Waals surface area (Å²) in [5.41, 5.74) is 6.42. The molecule has 12 heteroatoms. The first-order chi connectivity index (χ1) is 15.5. The Morgan fingerprint density at radius 3 is 2.75 bits per heavy atom. The average molecular weight is 448 g/mol. The van der Waals surface area contributed by atoms with Gasteiger partial charge in [-0.2, -0.15) is 5.10 Å².